The molecule has 4 aromatic carbocycles. The Labute approximate surface area is 172 Å². The van der Waals surface area contributed by atoms with Gasteiger partial charge < -0.3 is 0 Å². The normalized spacial score (nSPS) is 17.6. The number of hydrogen-bond donors (Lipinski definition) is 0. The molecule has 0 amide bonds. The summed E-state index contributed by atoms with van der Waals surface area (Å²) in [7, 11) is 0. The first-order valence-corrected chi connectivity index (χ1v) is 11.2. The highest BCUT2D eigenvalue weighted by Crippen LogP contribution is 2.33. The summed E-state index contributed by atoms with van der Waals surface area (Å²) < 4.78 is 0. The Kier molecular flexibility index (Phi) is 4.90. The quantitative estimate of drug-likeness (QED) is 0.356. The van der Waals surface area contributed by atoms with Crippen molar-refractivity contribution in [3.63, 3.8) is 0 Å². The van der Waals surface area contributed by atoms with Gasteiger partial charge >= 0.3 is 0 Å². The molecule has 5 rings (SSSR count). The van der Waals surface area contributed by atoms with E-state index in [2.05, 4.69) is 84.9 Å². The van der Waals surface area contributed by atoms with Crippen LogP contribution in [0.5, 0.6) is 0 Å². The third-order valence-electron chi connectivity index (χ3n) is 4.72. The van der Waals surface area contributed by atoms with E-state index >= 15 is 0 Å². The van der Waals surface area contributed by atoms with Crippen LogP contribution >= 0.6 is 23.5 Å². The minimum absolute atomic E-state index is 1.01. The van der Waals surface area contributed by atoms with Crippen LogP contribution < -0.4 is 0 Å². The zero-order valence-corrected chi connectivity index (χ0v) is 16.8. The summed E-state index contributed by atoms with van der Waals surface area (Å²) in [4.78, 5) is 10.1. The second kappa shape index (κ2) is 7.82. The molecule has 0 aliphatic carbocycles. The summed E-state index contributed by atoms with van der Waals surface area (Å²) in [5, 5.41) is 6.81. The van der Waals surface area contributed by atoms with Crippen LogP contribution in [-0.2, 0) is 0 Å². The van der Waals surface area contributed by atoms with Gasteiger partial charge in [0.2, 0.25) is 0 Å². The third kappa shape index (κ3) is 3.46. The number of aliphatic imine (C=N–C) groups is 2. The zero-order chi connectivity index (χ0) is 18.8. The first-order chi connectivity index (χ1) is 13.9. The van der Waals surface area contributed by atoms with Gasteiger partial charge in [0.05, 0.1) is 11.4 Å². The number of fused-ring (bicyclic) bond motifs is 2. The standard InChI is InChI=1S/C24H18N2S2/c1-3-11-19-17(7-1)9-5-13-21(19)25-23-24(28-16-15-27-23)26-22-14-6-10-18-8-2-4-12-20(18)22/h1-14H,15-16H2. The lowest BCUT2D eigenvalue weighted by molar-refractivity contribution is 1.53. The van der Waals surface area contributed by atoms with Gasteiger partial charge in [-0.3, -0.25) is 0 Å². The Balaban J connectivity index is 1.62. The van der Waals surface area contributed by atoms with E-state index in [-0.39, 0.29) is 0 Å². The van der Waals surface area contributed by atoms with Gasteiger partial charge in [0, 0.05) is 22.3 Å². The topological polar surface area (TPSA) is 24.7 Å². The minimum atomic E-state index is 1.01. The van der Waals surface area contributed by atoms with E-state index in [1.165, 1.54) is 21.5 Å². The van der Waals surface area contributed by atoms with Gasteiger partial charge in [0.25, 0.3) is 0 Å². The molecule has 1 aliphatic rings. The molecule has 0 N–H and O–H groups in total. The van der Waals surface area contributed by atoms with Crippen molar-refractivity contribution < 1.29 is 0 Å². The van der Waals surface area contributed by atoms with Gasteiger partial charge in [-0.15, -0.1) is 23.5 Å². The molecule has 0 aromatic heterocycles. The monoisotopic (exact) mass is 398 g/mol. The molecule has 2 nitrogen and oxygen atoms in total. The highest BCUT2D eigenvalue weighted by Gasteiger charge is 2.18. The molecule has 0 unspecified atom stereocenters. The van der Waals surface area contributed by atoms with Gasteiger partial charge in [0.15, 0.2) is 0 Å². The van der Waals surface area contributed by atoms with Gasteiger partial charge in [-0.25, -0.2) is 9.98 Å². The molecule has 0 saturated carbocycles. The van der Waals surface area contributed by atoms with Crippen molar-refractivity contribution in [1.82, 2.24) is 0 Å². The Morgan fingerprint density at radius 2 is 0.929 bits per heavy atom. The van der Waals surface area contributed by atoms with Gasteiger partial charge in [0.1, 0.15) is 10.1 Å². The van der Waals surface area contributed by atoms with Crippen LogP contribution in [0.4, 0.5) is 11.4 Å². The minimum Gasteiger partial charge on any atom is -0.239 e. The molecule has 4 aromatic rings. The van der Waals surface area contributed by atoms with E-state index < -0.39 is 0 Å². The highest BCUT2D eigenvalue weighted by atomic mass is 32.2. The summed E-state index contributed by atoms with van der Waals surface area (Å²) in [5.74, 6) is 2.12. The second-order valence-electron chi connectivity index (χ2n) is 6.53. The maximum absolute atomic E-state index is 5.03. The number of thioether (sulfide) groups is 2. The SMILES string of the molecule is c1ccc2c(N=C3SCCSC3=Nc3cccc4ccccc34)cccc2c1. The maximum atomic E-state index is 5.03. The van der Waals surface area contributed by atoms with E-state index in [9.17, 15) is 0 Å². The average Bonchev–Trinajstić information content (AvgIpc) is 2.76. The van der Waals surface area contributed by atoms with Crippen LogP contribution in [0.15, 0.2) is 94.9 Å². The fourth-order valence-corrected chi connectivity index (χ4v) is 5.46. The average molecular weight is 399 g/mol. The van der Waals surface area contributed by atoms with Crippen LogP contribution in [0.2, 0.25) is 0 Å². The van der Waals surface area contributed by atoms with Crippen LogP contribution in [0, 0.1) is 0 Å². The van der Waals surface area contributed by atoms with E-state index in [0.717, 1.165) is 33.0 Å². The van der Waals surface area contributed by atoms with Crippen LogP contribution in [0.1, 0.15) is 0 Å². The van der Waals surface area contributed by atoms with Crippen molar-refractivity contribution in [3.05, 3.63) is 84.9 Å². The van der Waals surface area contributed by atoms with Crippen molar-refractivity contribution >= 4 is 66.5 Å². The maximum Gasteiger partial charge on any atom is 0.129 e. The van der Waals surface area contributed by atoms with E-state index in [4.69, 9.17) is 9.98 Å². The lowest BCUT2D eigenvalue weighted by Gasteiger charge is -2.15. The zero-order valence-electron chi connectivity index (χ0n) is 15.2. The van der Waals surface area contributed by atoms with Crippen molar-refractivity contribution in [2.75, 3.05) is 11.5 Å². The predicted octanol–water partition coefficient (Wildman–Crippen LogP) is 7.23. The summed E-state index contributed by atoms with van der Waals surface area (Å²) in [6.07, 6.45) is 0. The third-order valence-corrected chi connectivity index (χ3v) is 7.04. The predicted molar refractivity (Wildman–Crippen MR) is 127 cm³/mol. The van der Waals surface area contributed by atoms with Crippen molar-refractivity contribution in [2.24, 2.45) is 9.98 Å². The molecule has 0 spiro atoms. The molecule has 4 heteroatoms. The fourth-order valence-electron chi connectivity index (χ4n) is 3.39. The second-order valence-corrected chi connectivity index (χ2v) is 8.69. The lowest BCUT2D eigenvalue weighted by atomic mass is 10.1. The van der Waals surface area contributed by atoms with E-state index in [1.54, 1.807) is 23.5 Å². The number of rotatable bonds is 2. The van der Waals surface area contributed by atoms with Gasteiger partial charge in [-0.2, -0.15) is 0 Å². The van der Waals surface area contributed by atoms with Gasteiger partial charge in [-0.1, -0.05) is 72.8 Å². The van der Waals surface area contributed by atoms with Crippen LogP contribution in [0.25, 0.3) is 21.5 Å². The molecule has 0 atom stereocenters. The van der Waals surface area contributed by atoms with E-state index in [1.807, 2.05) is 0 Å². The van der Waals surface area contributed by atoms with Crippen molar-refractivity contribution in [2.45, 2.75) is 0 Å². The largest absolute Gasteiger partial charge is 0.239 e. The van der Waals surface area contributed by atoms with Crippen LogP contribution in [-0.4, -0.2) is 21.6 Å². The van der Waals surface area contributed by atoms with Crippen LogP contribution in [0.3, 0.4) is 0 Å². The highest BCUT2D eigenvalue weighted by molar-refractivity contribution is 8.27. The molecule has 0 bridgehead atoms. The molecule has 136 valence electrons. The first-order valence-electron chi connectivity index (χ1n) is 9.27. The molecule has 1 aliphatic heterocycles. The number of hydrogen-bond acceptors (Lipinski definition) is 4. The summed E-state index contributed by atoms with van der Waals surface area (Å²) >= 11 is 3.60. The number of benzene rings is 4. The molecular formula is C24H18N2S2. The Morgan fingerprint density at radius 1 is 0.500 bits per heavy atom. The first kappa shape index (κ1) is 17.5. The van der Waals surface area contributed by atoms with Gasteiger partial charge in [-0.05, 0) is 22.9 Å². The Hall–Kier alpha value is -2.56. The smallest absolute Gasteiger partial charge is 0.129 e. The summed E-state index contributed by atoms with van der Waals surface area (Å²) in [6, 6.07) is 29.4. The molecular weight excluding hydrogens is 380 g/mol. The lowest BCUT2D eigenvalue weighted by Crippen LogP contribution is -2.14. The van der Waals surface area contributed by atoms with Crippen molar-refractivity contribution in [3.8, 4) is 0 Å². The Bertz CT molecular complexity index is 1120. The van der Waals surface area contributed by atoms with E-state index in [0.29, 0.717) is 0 Å². The summed E-state index contributed by atoms with van der Waals surface area (Å²) in [5.41, 5.74) is 2.02. The molecule has 28 heavy (non-hydrogen) atoms. The number of nitrogens with zero attached hydrogens (tertiary/aromatic N) is 2. The Morgan fingerprint density at radius 3 is 1.43 bits per heavy atom. The summed E-state index contributed by atoms with van der Waals surface area (Å²) in [6.45, 7) is 0. The molecule has 1 saturated heterocycles. The van der Waals surface area contributed by atoms with Crippen molar-refractivity contribution in [1.29, 1.82) is 0 Å². The molecule has 1 heterocycles. The molecule has 1 fully saturated rings. The molecule has 0 radical (unpaired) electrons. The fraction of sp³-hybridized carbons (Fsp3) is 0.0833.